The van der Waals surface area contributed by atoms with E-state index in [4.69, 9.17) is 4.74 Å². The Hall–Kier alpha value is -2.63. The number of hydrogen-bond acceptors (Lipinski definition) is 5. The first-order valence-electron chi connectivity index (χ1n) is 10.2. The van der Waals surface area contributed by atoms with Gasteiger partial charge < -0.3 is 15.4 Å². The summed E-state index contributed by atoms with van der Waals surface area (Å²) in [6, 6.07) is 10.0. The lowest BCUT2D eigenvalue weighted by Gasteiger charge is -2.16. The molecule has 0 radical (unpaired) electrons. The number of aryl methyl sites for hydroxylation is 1. The third kappa shape index (κ3) is 5.94. The Balaban J connectivity index is 1.56. The number of amides is 1. The minimum Gasteiger partial charge on any atom is -0.497 e. The van der Waals surface area contributed by atoms with Crippen molar-refractivity contribution < 1.29 is 9.53 Å². The van der Waals surface area contributed by atoms with Gasteiger partial charge in [-0.3, -0.25) is 4.79 Å². The van der Waals surface area contributed by atoms with Crippen LogP contribution in [-0.4, -0.2) is 35.6 Å². The molecule has 2 aromatic rings. The lowest BCUT2D eigenvalue weighted by molar-refractivity contribution is 0.0928. The van der Waals surface area contributed by atoms with Crippen LogP contribution >= 0.6 is 0 Å². The number of nitrogens with zero attached hydrogens (tertiary/aromatic N) is 2. The van der Waals surface area contributed by atoms with E-state index in [-0.39, 0.29) is 11.9 Å². The molecule has 28 heavy (non-hydrogen) atoms. The second-order valence-corrected chi connectivity index (χ2v) is 7.40. The van der Waals surface area contributed by atoms with Crippen LogP contribution in [0.5, 0.6) is 5.75 Å². The predicted octanol–water partition coefficient (Wildman–Crippen LogP) is 3.90. The van der Waals surface area contributed by atoms with Gasteiger partial charge in [0, 0.05) is 18.3 Å². The van der Waals surface area contributed by atoms with Crippen LogP contribution in [0, 0.1) is 6.92 Å². The number of ether oxygens (including phenoxy) is 1. The van der Waals surface area contributed by atoms with E-state index in [0.29, 0.717) is 18.2 Å². The molecule has 150 valence electrons. The van der Waals surface area contributed by atoms with Crippen LogP contribution in [-0.2, 0) is 6.42 Å². The van der Waals surface area contributed by atoms with Gasteiger partial charge in [0.1, 0.15) is 11.4 Å². The molecule has 6 heteroatoms. The van der Waals surface area contributed by atoms with Gasteiger partial charge in [-0.1, -0.05) is 37.8 Å². The van der Waals surface area contributed by atoms with Crippen molar-refractivity contribution in [2.45, 2.75) is 57.9 Å². The first-order chi connectivity index (χ1) is 13.6. The van der Waals surface area contributed by atoms with Crippen LogP contribution in [0.25, 0.3) is 0 Å². The summed E-state index contributed by atoms with van der Waals surface area (Å²) in [5.41, 5.74) is 2.42. The highest BCUT2D eigenvalue weighted by atomic mass is 16.5. The third-order valence-electron chi connectivity index (χ3n) is 5.13. The van der Waals surface area contributed by atoms with E-state index in [0.717, 1.165) is 30.7 Å². The molecule has 0 unspecified atom stereocenters. The van der Waals surface area contributed by atoms with Crippen molar-refractivity contribution in [3.63, 3.8) is 0 Å². The Morgan fingerprint density at radius 1 is 1.11 bits per heavy atom. The summed E-state index contributed by atoms with van der Waals surface area (Å²) >= 11 is 0. The van der Waals surface area contributed by atoms with Crippen molar-refractivity contribution in [3.8, 4) is 5.75 Å². The van der Waals surface area contributed by atoms with Gasteiger partial charge in [0.2, 0.25) is 5.95 Å². The van der Waals surface area contributed by atoms with E-state index in [1.807, 2.05) is 31.2 Å². The molecule has 0 bridgehead atoms. The number of carbonyl (C=O) groups is 1. The van der Waals surface area contributed by atoms with E-state index in [1.54, 1.807) is 13.2 Å². The van der Waals surface area contributed by atoms with E-state index < -0.39 is 0 Å². The Morgan fingerprint density at radius 3 is 2.50 bits per heavy atom. The topological polar surface area (TPSA) is 76.1 Å². The van der Waals surface area contributed by atoms with Gasteiger partial charge in [-0.2, -0.15) is 0 Å². The minimum absolute atomic E-state index is 0.101. The number of rotatable bonds is 7. The Bertz CT molecular complexity index is 769. The summed E-state index contributed by atoms with van der Waals surface area (Å²) in [7, 11) is 1.66. The van der Waals surface area contributed by atoms with Gasteiger partial charge in [-0.15, -0.1) is 0 Å². The number of aromatic nitrogens is 2. The maximum Gasteiger partial charge on any atom is 0.270 e. The van der Waals surface area contributed by atoms with Gasteiger partial charge in [0.05, 0.1) is 7.11 Å². The van der Waals surface area contributed by atoms with Gasteiger partial charge in [0.25, 0.3) is 5.91 Å². The maximum absolute atomic E-state index is 12.6. The average Bonchev–Trinajstić information content (AvgIpc) is 2.97. The monoisotopic (exact) mass is 382 g/mol. The van der Waals surface area contributed by atoms with Crippen LogP contribution in [0.15, 0.2) is 30.3 Å². The molecule has 1 aliphatic rings. The predicted molar refractivity (Wildman–Crippen MR) is 111 cm³/mol. The molecule has 0 atom stereocenters. The Morgan fingerprint density at radius 2 is 1.82 bits per heavy atom. The molecule has 0 spiro atoms. The number of carbonyl (C=O) groups excluding carboxylic acids is 1. The highest BCUT2D eigenvalue weighted by molar-refractivity contribution is 5.92. The average molecular weight is 383 g/mol. The van der Waals surface area contributed by atoms with Gasteiger partial charge in [-0.05, 0) is 49.9 Å². The highest BCUT2D eigenvalue weighted by Gasteiger charge is 2.17. The van der Waals surface area contributed by atoms with Crippen LogP contribution in [0.3, 0.4) is 0 Å². The molecule has 6 nitrogen and oxygen atoms in total. The molecule has 1 aromatic carbocycles. The fraction of sp³-hybridized carbons (Fsp3) is 0.500. The SMILES string of the molecule is COc1ccc(CCNc2nc(C)cc(C(=O)NC3CCCCCC3)n2)cc1. The fourth-order valence-corrected chi connectivity index (χ4v) is 3.56. The van der Waals surface area contributed by atoms with Crippen molar-refractivity contribution in [2.75, 3.05) is 19.0 Å². The zero-order chi connectivity index (χ0) is 19.8. The van der Waals surface area contributed by atoms with E-state index in [2.05, 4.69) is 20.6 Å². The van der Waals surface area contributed by atoms with Gasteiger partial charge >= 0.3 is 0 Å². The van der Waals surface area contributed by atoms with Gasteiger partial charge in [0.15, 0.2) is 0 Å². The van der Waals surface area contributed by atoms with Crippen LogP contribution < -0.4 is 15.4 Å². The van der Waals surface area contributed by atoms with Crippen molar-refractivity contribution in [1.29, 1.82) is 0 Å². The highest BCUT2D eigenvalue weighted by Crippen LogP contribution is 2.18. The molecule has 1 aliphatic carbocycles. The molecule has 1 fully saturated rings. The maximum atomic E-state index is 12.6. The molecule has 0 aliphatic heterocycles. The number of nitrogens with one attached hydrogen (secondary N) is 2. The number of methoxy groups -OCH3 is 1. The lowest BCUT2D eigenvalue weighted by atomic mass is 10.1. The molecule has 1 amide bonds. The van der Waals surface area contributed by atoms with Crippen LogP contribution in [0.4, 0.5) is 5.95 Å². The molecule has 1 saturated carbocycles. The molecule has 2 N–H and O–H groups in total. The van der Waals surface area contributed by atoms with Gasteiger partial charge in [-0.25, -0.2) is 9.97 Å². The number of anilines is 1. The Labute approximate surface area is 167 Å². The van der Waals surface area contributed by atoms with Crippen LogP contribution in [0.2, 0.25) is 0 Å². The lowest BCUT2D eigenvalue weighted by Crippen LogP contribution is -2.35. The van der Waals surface area contributed by atoms with Crippen molar-refractivity contribution in [2.24, 2.45) is 0 Å². The summed E-state index contributed by atoms with van der Waals surface area (Å²) in [5.74, 6) is 1.25. The normalized spacial score (nSPS) is 14.9. The van der Waals surface area contributed by atoms with Crippen molar-refractivity contribution >= 4 is 11.9 Å². The third-order valence-corrected chi connectivity index (χ3v) is 5.13. The summed E-state index contributed by atoms with van der Waals surface area (Å²) < 4.78 is 5.18. The molecular formula is C22H30N4O2. The molecule has 3 rings (SSSR count). The standard InChI is InChI=1S/C22H30N4O2/c1-16-15-20(21(27)25-18-7-5-3-4-6-8-18)26-22(24-16)23-14-13-17-9-11-19(28-2)12-10-17/h9-12,15,18H,3-8,13-14H2,1-2H3,(H,25,27)(H,23,24,26). The zero-order valence-electron chi connectivity index (χ0n) is 16.8. The number of hydrogen-bond donors (Lipinski definition) is 2. The van der Waals surface area contributed by atoms with Crippen LogP contribution in [0.1, 0.15) is 60.3 Å². The number of benzene rings is 1. The minimum atomic E-state index is -0.101. The van der Waals surface area contributed by atoms with Crippen molar-refractivity contribution in [1.82, 2.24) is 15.3 Å². The zero-order valence-corrected chi connectivity index (χ0v) is 16.8. The molecule has 1 aromatic heterocycles. The quantitative estimate of drug-likeness (QED) is 0.710. The first kappa shape index (κ1) is 20.1. The second kappa shape index (κ2) is 10.1. The summed E-state index contributed by atoms with van der Waals surface area (Å²) in [5, 5.41) is 6.39. The fourth-order valence-electron chi connectivity index (χ4n) is 3.56. The summed E-state index contributed by atoms with van der Waals surface area (Å²) in [6.07, 6.45) is 7.86. The Kier molecular flexibility index (Phi) is 7.23. The van der Waals surface area contributed by atoms with E-state index >= 15 is 0 Å². The summed E-state index contributed by atoms with van der Waals surface area (Å²) in [6.45, 7) is 2.58. The second-order valence-electron chi connectivity index (χ2n) is 7.40. The van der Waals surface area contributed by atoms with E-state index in [1.165, 1.54) is 31.2 Å². The molecule has 0 saturated heterocycles. The first-order valence-corrected chi connectivity index (χ1v) is 10.2. The smallest absolute Gasteiger partial charge is 0.270 e. The summed E-state index contributed by atoms with van der Waals surface area (Å²) in [4.78, 5) is 21.5. The largest absolute Gasteiger partial charge is 0.497 e. The van der Waals surface area contributed by atoms with E-state index in [9.17, 15) is 4.79 Å². The van der Waals surface area contributed by atoms with Crippen molar-refractivity contribution in [3.05, 3.63) is 47.3 Å². The molecular weight excluding hydrogens is 352 g/mol. The molecule has 1 heterocycles.